The van der Waals surface area contributed by atoms with E-state index in [1.54, 1.807) is 0 Å². The Balaban J connectivity index is 2.48. The Morgan fingerprint density at radius 3 is 2.13 bits per heavy atom. The molecule has 0 heterocycles. The van der Waals surface area contributed by atoms with Crippen LogP contribution in [0.5, 0.6) is 0 Å². The van der Waals surface area contributed by atoms with Gasteiger partial charge < -0.3 is 5.32 Å². The van der Waals surface area contributed by atoms with Crippen LogP contribution in [0.15, 0.2) is 36.4 Å². The number of hydrogen-bond acceptors (Lipinski definition) is 2. The summed E-state index contributed by atoms with van der Waals surface area (Å²) in [6.07, 6.45) is -10.2. The van der Waals surface area contributed by atoms with E-state index < -0.39 is 75.8 Å². The van der Waals surface area contributed by atoms with Gasteiger partial charge in [-0.25, -0.2) is 4.39 Å². The Morgan fingerprint density at radius 2 is 1.63 bits per heavy atom. The molecule has 0 aromatic heterocycles. The van der Waals surface area contributed by atoms with E-state index in [4.69, 9.17) is 34.8 Å². The van der Waals surface area contributed by atoms with Crippen LogP contribution in [0.2, 0.25) is 15.1 Å². The lowest BCUT2D eigenvalue weighted by atomic mass is 9.95. The van der Waals surface area contributed by atoms with Crippen LogP contribution >= 0.6 is 34.8 Å². The molecule has 0 aliphatic heterocycles. The van der Waals surface area contributed by atoms with Gasteiger partial charge >= 0.3 is 12.4 Å². The van der Waals surface area contributed by atoms with Crippen LogP contribution in [-0.2, 0) is 17.0 Å². The lowest BCUT2D eigenvalue weighted by Crippen LogP contribution is -2.37. The van der Waals surface area contributed by atoms with Crippen molar-refractivity contribution >= 4 is 57.3 Å². The molecule has 0 fully saturated rings. The highest BCUT2D eigenvalue weighted by Gasteiger charge is 2.41. The summed E-state index contributed by atoms with van der Waals surface area (Å²) in [4.78, 5) is 12.5. The van der Waals surface area contributed by atoms with Gasteiger partial charge in [-0.1, -0.05) is 40.9 Å². The van der Waals surface area contributed by atoms with Gasteiger partial charge in [-0.2, -0.15) is 26.3 Å². The van der Waals surface area contributed by atoms with Crippen molar-refractivity contribution in [3.05, 3.63) is 73.7 Å². The molecular weight excluding hydrogens is 613 g/mol. The van der Waals surface area contributed by atoms with Gasteiger partial charge in [0.2, 0.25) is 0 Å². The van der Waals surface area contributed by atoms with Gasteiger partial charge in [0.15, 0.2) is 0 Å². The predicted molar refractivity (Wildman–Crippen MR) is 132 cm³/mol. The largest absolute Gasteiger partial charge is 0.417 e. The van der Waals surface area contributed by atoms with Crippen molar-refractivity contribution in [3.63, 3.8) is 0 Å². The third-order valence-corrected chi connectivity index (χ3v) is 7.67. The van der Waals surface area contributed by atoms with E-state index in [9.17, 15) is 44.1 Å². The van der Waals surface area contributed by atoms with Gasteiger partial charge in [-0.05, 0) is 42.8 Å². The minimum Gasteiger partial charge on any atom is -0.349 e. The zero-order valence-electron chi connectivity index (χ0n) is 19.1. The Kier molecular flexibility index (Phi) is 11.0. The fourth-order valence-corrected chi connectivity index (χ4v) is 4.89. The highest BCUT2D eigenvalue weighted by Crippen LogP contribution is 2.42. The molecule has 2 aromatic rings. The van der Waals surface area contributed by atoms with Crippen molar-refractivity contribution in [1.29, 1.82) is 0 Å². The number of benzene rings is 2. The number of hydrogen-bond donors (Lipinski definition) is 1. The normalized spacial score (nSPS) is 15.2. The summed E-state index contributed by atoms with van der Waals surface area (Å²) in [7, 11) is -1.67. The van der Waals surface area contributed by atoms with E-state index in [1.807, 2.05) is 0 Å². The molecule has 0 aliphatic carbocycles. The van der Waals surface area contributed by atoms with E-state index >= 15 is 0 Å². The van der Waals surface area contributed by atoms with Crippen molar-refractivity contribution in [2.45, 2.75) is 31.2 Å². The summed E-state index contributed by atoms with van der Waals surface area (Å²) in [6, 6.07) is 2.20. The number of alkyl halides is 7. The van der Waals surface area contributed by atoms with Crippen molar-refractivity contribution in [2.75, 3.05) is 18.2 Å². The molecule has 0 radical (unpaired) electrons. The monoisotopic (exact) mass is 629 g/mol. The zero-order valence-corrected chi connectivity index (χ0v) is 22.2. The van der Waals surface area contributed by atoms with Gasteiger partial charge in [0, 0.05) is 28.2 Å². The number of allylic oxidation sites excluding steroid dienone is 1. The fourth-order valence-electron chi connectivity index (χ4n) is 3.29. The number of amides is 1. The van der Waals surface area contributed by atoms with Crippen molar-refractivity contribution in [1.82, 2.24) is 5.32 Å². The number of nitrogens with one attached hydrogen (secondary N) is 1. The van der Waals surface area contributed by atoms with Crippen molar-refractivity contribution in [2.24, 2.45) is 0 Å². The Labute approximate surface area is 229 Å². The second-order valence-electron chi connectivity index (χ2n) is 7.96. The first-order chi connectivity index (χ1) is 17.4. The number of carbonyl (C=O) groups excluding carboxylic acids is 1. The number of halogens is 11. The highest BCUT2D eigenvalue weighted by atomic mass is 35.5. The minimum atomic E-state index is -5.19. The summed E-state index contributed by atoms with van der Waals surface area (Å²) in [5.41, 5.74) is -4.06. The second-order valence-corrected chi connectivity index (χ2v) is 10.8. The maximum Gasteiger partial charge on any atom is 0.417 e. The Bertz CT molecular complexity index is 1210. The summed E-state index contributed by atoms with van der Waals surface area (Å²) in [6.45, 7) is 0.448. The fraction of sp³-hybridized carbons (Fsp3) is 0.348. The van der Waals surface area contributed by atoms with Crippen LogP contribution in [0.25, 0.3) is 5.83 Å². The molecule has 2 rings (SSSR count). The molecule has 0 saturated heterocycles. The molecule has 210 valence electrons. The molecule has 0 saturated carbocycles. The first-order valence-corrected chi connectivity index (χ1v) is 13.1. The molecule has 3 atom stereocenters. The average molecular weight is 631 g/mol. The smallest absolute Gasteiger partial charge is 0.349 e. The molecule has 2 unspecified atom stereocenters. The van der Waals surface area contributed by atoms with Crippen LogP contribution in [0.3, 0.4) is 0 Å². The van der Waals surface area contributed by atoms with E-state index in [0.29, 0.717) is 12.1 Å². The summed E-state index contributed by atoms with van der Waals surface area (Å²) in [5.74, 6) is -6.12. The molecular formula is C23H18Cl3F8NO2S. The van der Waals surface area contributed by atoms with Crippen molar-refractivity contribution < 1.29 is 44.1 Å². The van der Waals surface area contributed by atoms with Gasteiger partial charge in [0.05, 0.1) is 31.9 Å². The summed E-state index contributed by atoms with van der Waals surface area (Å²) < 4.78 is 121. The predicted octanol–water partition coefficient (Wildman–Crippen LogP) is 8.16. The maximum absolute atomic E-state index is 14.9. The van der Waals surface area contributed by atoms with Crippen LogP contribution in [0, 0.1) is 0 Å². The molecule has 0 bridgehead atoms. The standard InChI is InChI=1S/C23H18Cl3F8NO2S/c1-11(10-38(37)5-4-27)35-21(36)14-3-2-12(6-16(14)23(32,33)34)19(28)9-15(22(29,30)31)13-7-17(24)20(26)18(25)8-13/h2-3,6-9,11,15H,4-5,10H2,1H3,(H,35,36)/b19-9-/t11-,15?,38?/m1/s1. The summed E-state index contributed by atoms with van der Waals surface area (Å²) in [5, 5.41) is 1.24. The van der Waals surface area contributed by atoms with E-state index in [1.165, 1.54) is 6.92 Å². The molecule has 1 amide bonds. The number of rotatable bonds is 9. The molecule has 1 N–H and O–H groups in total. The first kappa shape index (κ1) is 32.3. The number of carbonyl (C=O) groups is 1. The SMILES string of the molecule is C[C@H](CS(=O)CCF)NC(=O)c1ccc(/C(F)=C/C(c2cc(Cl)c(Cl)c(Cl)c2)C(F)(F)F)cc1C(F)(F)F. The Morgan fingerprint density at radius 1 is 1.05 bits per heavy atom. The van der Waals surface area contributed by atoms with Gasteiger partial charge in [-0.3, -0.25) is 13.4 Å². The second kappa shape index (κ2) is 13.0. The van der Waals surface area contributed by atoms with E-state index in [-0.39, 0.29) is 38.7 Å². The molecule has 38 heavy (non-hydrogen) atoms. The maximum atomic E-state index is 14.9. The summed E-state index contributed by atoms with van der Waals surface area (Å²) >= 11 is 17.3. The average Bonchev–Trinajstić information content (AvgIpc) is 2.78. The molecule has 0 spiro atoms. The van der Waals surface area contributed by atoms with Crippen molar-refractivity contribution in [3.8, 4) is 0 Å². The minimum absolute atomic E-state index is 0.0490. The van der Waals surface area contributed by atoms with Gasteiger partial charge in [0.25, 0.3) is 5.91 Å². The van der Waals surface area contributed by atoms with Crippen LogP contribution in [-0.4, -0.2) is 40.5 Å². The Hall–Kier alpha value is -1.89. The third kappa shape index (κ3) is 8.56. The van der Waals surface area contributed by atoms with Crippen LogP contribution < -0.4 is 5.32 Å². The van der Waals surface area contributed by atoms with Crippen LogP contribution in [0.4, 0.5) is 35.1 Å². The molecule has 15 heteroatoms. The third-order valence-electron chi connectivity index (χ3n) is 4.99. The zero-order chi connectivity index (χ0) is 29.0. The molecule has 0 aliphatic rings. The lowest BCUT2D eigenvalue weighted by molar-refractivity contribution is -0.140. The van der Waals surface area contributed by atoms with E-state index in [0.717, 1.165) is 12.1 Å². The van der Waals surface area contributed by atoms with Gasteiger partial charge in [0.1, 0.15) is 18.4 Å². The lowest BCUT2D eigenvalue weighted by Gasteiger charge is -2.19. The highest BCUT2D eigenvalue weighted by molar-refractivity contribution is 7.85. The molecule has 2 aromatic carbocycles. The first-order valence-electron chi connectivity index (χ1n) is 10.5. The quantitative estimate of drug-likeness (QED) is 0.225. The topological polar surface area (TPSA) is 46.2 Å². The van der Waals surface area contributed by atoms with Gasteiger partial charge in [-0.15, -0.1) is 0 Å². The van der Waals surface area contributed by atoms with Crippen LogP contribution in [0.1, 0.15) is 39.9 Å². The molecule has 3 nitrogen and oxygen atoms in total. The van der Waals surface area contributed by atoms with E-state index in [2.05, 4.69) is 5.32 Å².